The van der Waals surface area contributed by atoms with Crippen LogP contribution in [-0.4, -0.2) is 22.9 Å². The van der Waals surface area contributed by atoms with Gasteiger partial charge in [0.25, 0.3) is 0 Å². The molecule has 8 heteroatoms. The minimum absolute atomic E-state index is 0.203. The lowest BCUT2D eigenvalue weighted by Gasteiger charge is -2.08. The number of aromatic nitrogens is 2. The Hall–Kier alpha value is -2.32. The summed E-state index contributed by atoms with van der Waals surface area (Å²) in [5, 5.41) is 1.25. The molecule has 2 aromatic heterocycles. The van der Waals surface area contributed by atoms with Crippen molar-refractivity contribution in [2.24, 2.45) is 0 Å². The smallest absolute Gasteiger partial charge is 0.361 e. The lowest BCUT2D eigenvalue weighted by Crippen LogP contribution is -2.14. The SMILES string of the molecule is O=c1cc2cc[nH]c3cc[nH]c(c1OS(=O)(=O)O)c23. The molecule has 98 valence electrons. The highest BCUT2D eigenvalue weighted by molar-refractivity contribution is 7.81. The average Bonchev–Trinajstić information content (AvgIpc) is 2.33. The van der Waals surface area contributed by atoms with Gasteiger partial charge in [-0.3, -0.25) is 9.35 Å². The maximum Gasteiger partial charge on any atom is 0.446 e. The summed E-state index contributed by atoms with van der Waals surface area (Å²) in [5.74, 6) is -0.458. The normalized spacial score (nSPS) is 12.1. The van der Waals surface area contributed by atoms with Gasteiger partial charge >= 0.3 is 10.4 Å². The van der Waals surface area contributed by atoms with E-state index in [-0.39, 0.29) is 5.52 Å². The van der Waals surface area contributed by atoms with E-state index in [1.165, 1.54) is 12.3 Å². The first-order valence-electron chi connectivity index (χ1n) is 5.24. The number of hydrogen-bond acceptors (Lipinski definition) is 4. The molecule has 0 aliphatic rings. The molecule has 2 heterocycles. The van der Waals surface area contributed by atoms with Crippen LogP contribution in [0.3, 0.4) is 0 Å². The highest BCUT2D eigenvalue weighted by atomic mass is 32.3. The largest absolute Gasteiger partial charge is 0.446 e. The molecule has 0 amide bonds. The quantitative estimate of drug-likeness (QED) is 0.610. The first-order valence-corrected chi connectivity index (χ1v) is 6.60. The van der Waals surface area contributed by atoms with Crippen molar-refractivity contribution in [1.82, 2.24) is 9.97 Å². The molecule has 7 nitrogen and oxygen atoms in total. The number of hydrogen-bond donors (Lipinski definition) is 3. The summed E-state index contributed by atoms with van der Waals surface area (Å²) in [7, 11) is -4.76. The van der Waals surface area contributed by atoms with Gasteiger partial charge in [-0.1, -0.05) is 0 Å². The van der Waals surface area contributed by atoms with Gasteiger partial charge in [0.1, 0.15) is 0 Å². The predicted octanol–water partition coefficient (Wildman–Crippen LogP) is 1.19. The zero-order valence-electron chi connectivity index (χ0n) is 9.38. The van der Waals surface area contributed by atoms with Gasteiger partial charge in [-0.05, 0) is 23.6 Å². The van der Waals surface area contributed by atoms with Crippen molar-refractivity contribution in [2.45, 2.75) is 0 Å². The van der Waals surface area contributed by atoms with Gasteiger partial charge in [-0.2, -0.15) is 8.42 Å². The third-order valence-electron chi connectivity index (χ3n) is 2.71. The topological polar surface area (TPSA) is 112 Å². The lowest BCUT2D eigenvalue weighted by atomic mass is 10.1. The van der Waals surface area contributed by atoms with E-state index in [1.807, 2.05) is 0 Å². The van der Waals surface area contributed by atoms with E-state index in [4.69, 9.17) is 4.55 Å². The molecular formula is C11H8N2O5S. The standard InChI is InChI=1S/C11H8N2O5S/c14-8-5-6-1-3-12-7-2-4-13-10(9(6)7)11(8)18-19(15,16)17/h1-5,12-13H,(H,15,16,17). The Morgan fingerprint density at radius 3 is 2.63 bits per heavy atom. The summed E-state index contributed by atoms with van der Waals surface area (Å²) in [5.41, 5.74) is 0.265. The molecule has 0 bridgehead atoms. The van der Waals surface area contributed by atoms with E-state index in [0.29, 0.717) is 16.3 Å². The number of pyridine rings is 2. The van der Waals surface area contributed by atoms with Gasteiger partial charge in [-0.15, -0.1) is 0 Å². The van der Waals surface area contributed by atoms with Crippen molar-refractivity contribution in [3.63, 3.8) is 0 Å². The van der Waals surface area contributed by atoms with Crippen molar-refractivity contribution < 1.29 is 17.2 Å². The lowest BCUT2D eigenvalue weighted by molar-refractivity contribution is 0.387. The van der Waals surface area contributed by atoms with Crippen molar-refractivity contribution in [2.75, 3.05) is 0 Å². The Labute approximate surface area is 106 Å². The molecule has 0 atom stereocenters. The van der Waals surface area contributed by atoms with Crippen LogP contribution in [0.2, 0.25) is 0 Å². The summed E-state index contributed by atoms with van der Waals surface area (Å²) < 4.78 is 34.7. The molecule has 0 spiro atoms. The van der Waals surface area contributed by atoms with E-state index < -0.39 is 21.6 Å². The minimum atomic E-state index is -4.76. The highest BCUT2D eigenvalue weighted by Crippen LogP contribution is 2.28. The van der Waals surface area contributed by atoms with Gasteiger partial charge in [0.05, 0.1) is 5.52 Å². The third-order valence-corrected chi connectivity index (χ3v) is 3.09. The number of nitrogens with one attached hydrogen (secondary N) is 2. The fourth-order valence-electron chi connectivity index (χ4n) is 2.04. The Morgan fingerprint density at radius 1 is 1.16 bits per heavy atom. The highest BCUT2D eigenvalue weighted by Gasteiger charge is 2.17. The van der Waals surface area contributed by atoms with Gasteiger partial charge in [0.15, 0.2) is 0 Å². The summed E-state index contributed by atoms with van der Waals surface area (Å²) in [6.07, 6.45) is 3.20. The average molecular weight is 280 g/mol. The zero-order valence-corrected chi connectivity index (χ0v) is 10.2. The number of H-pyrrole nitrogens is 2. The molecule has 0 aliphatic heterocycles. The molecule has 0 aliphatic carbocycles. The van der Waals surface area contributed by atoms with E-state index in [9.17, 15) is 13.2 Å². The monoisotopic (exact) mass is 280 g/mol. The summed E-state index contributed by atoms with van der Waals surface area (Å²) in [6.45, 7) is 0. The Morgan fingerprint density at radius 2 is 1.89 bits per heavy atom. The molecular weight excluding hydrogens is 272 g/mol. The molecule has 19 heavy (non-hydrogen) atoms. The van der Waals surface area contributed by atoms with Gasteiger partial charge in [0.2, 0.25) is 11.2 Å². The zero-order chi connectivity index (χ0) is 13.6. The van der Waals surface area contributed by atoms with Crippen molar-refractivity contribution in [3.05, 3.63) is 40.8 Å². The van der Waals surface area contributed by atoms with Crippen molar-refractivity contribution >= 4 is 32.2 Å². The molecule has 3 rings (SSSR count). The number of rotatable bonds is 2. The maximum atomic E-state index is 11.9. The van der Waals surface area contributed by atoms with E-state index in [2.05, 4.69) is 14.2 Å². The number of aromatic amines is 2. The molecule has 0 saturated heterocycles. The molecule has 3 N–H and O–H groups in total. The Kier molecular flexibility index (Phi) is 2.37. The van der Waals surface area contributed by atoms with Crippen molar-refractivity contribution in [1.29, 1.82) is 0 Å². The van der Waals surface area contributed by atoms with Crippen LogP contribution < -0.4 is 9.61 Å². The van der Waals surface area contributed by atoms with Crippen LogP contribution in [0, 0.1) is 0 Å². The minimum Gasteiger partial charge on any atom is -0.361 e. The van der Waals surface area contributed by atoms with Crippen LogP contribution in [0.25, 0.3) is 21.8 Å². The van der Waals surface area contributed by atoms with Crippen LogP contribution >= 0.6 is 0 Å². The summed E-state index contributed by atoms with van der Waals surface area (Å²) >= 11 is 0. The summed E-state index contributed by atoms with van der Waals surface area (Å²) in [6, 6.07) is 4.66. The van der Waals surface area contributed by atoms with E-state index >= 15 is 0 Å². The van der Waals surface area contributed by atoms with Crippen LogP contribution in [0.5, 0.6) is 5.75 Å². The van der Waals surface area contributed by atoms with Gasteiger partial charge in [0, 0.05) is 23.3 Å². The predicted molar refractivity (Wildman–Crippen MR) is 68.6 cm³/mol. The third kappa shape index (κ3) is 1.96. The second-order valence-corrected chi connectivity index (χ2v) is 4.95. The first kappa shape index (κ1) is 11.8. The van der Waals surface area contributed by atoms with Gasteiger partial charge in [-0.25, -0.2) is 0 Å². The second-order valence-electron chi connectivity index (χ2n) is 3.92. The fourth-order valence-corrected chi connectivity index (χ4v) is 2.42. The van der Waals surface area contributed by atoms with E-state index in [1.54, 1.807) is 18.3 Å². The molecule has 0 saturated carbocycles. The molecule has 0 unspecified atom stereocenters. The Bertz CT molecular complexity index is 933. The second kappa shape index (κ2) is 3.84. The molecule has 0 radical (unpaired) electrons. The van der Waals surface area contributed by atoms with Crippen LogP contribution in [0.1, 0.15) is 0 Å². The van der Waals surface area contributed by atoms with Crippen molar-refractivity contribution in [3.8, 4) is 5.75 Å². The molecule has 0 fully saturated rings. The van der Waals surface area contributed by atoms with Crippen LogP contribution in [0.15, 0.2) is 35.4 Å². The fraction of sp³-hybridized carbons (Fsp3) is 0. The van der Waals surface area contributed by atoms with Crippen LogP contribution in [-0.2, 0) is 10.4 Å². The maximum absolute atomic E-state index is 11.9. The number of benzene rings is 1. The first-order chi connectivity index (χ1) is 8.96. The summed E-state index contributed by atoms with van der Waals surface area (Å²) in [4.78, 5) is 17.6. The molecule has 1 aromatic carbocycles. The van der Waals surface area contributed by atoms with E-state index in [0.717, 1.165) is 0 Å². The van der Waals surface area contributed by atoms with Crippen LogP contribution in [0.4, 0.5) is 0 Å². The Balaban J connectivity index is 2.50. The van der Waals surface area contributed by atoms with Gasteiger partial charge < -0.3 is 14.2 Å². The molecule has 3 aromatic rings.